The molecule has 2 atom stereocenters. The molecule has 1 aromatic carbocycles. The van der Waals surface area contributed by atoms with Crippen LogP contribution in [0, 0.1) is 5.82 Å². The Morgan fingerprint density at radius 2 is 1.57 bits per heavy atom. The molecule has 1 aromatic rings. The van der Waals surface area contributed by atoms with E-state index in [9.17, 15) is 23.9 Å². The Balaban J connectivity index is 1.44. The van der Waals surface area contributed by atoms with E-state index in [0.29, 0.717) is 39.1 Å². The molecule has 0 spiro atoms. The predicted octanol–water partition coefficient (Wildman–Crippen LogP) is 0.539. The van der Waals surface area contributed by atoms with Crippen molar-refractivity contribution in [2.75, 3.05) is 37.6 Å². The molecule has 3 aliphatic heterocycles. The maximum Gasteiger partial charge on any atom is 0.324 e. The molecule has 8 nitrogen and oxygen atoms in total. The van der Waals surface area contributed by atoms with Crippen LogP contribution in [0.3, 0.4) is 0 Å². The Morgan fingerprint density at radius 3 is 2.14 bits per heavy atom. The summed E-state index contributed by atoms with van der Waals surface area (Å²) in [5, 5.41) is 13.6. The predicted molar refractivity (Wildman–Crippen MR) is 97.8 cm³/mol. The van der Waals surface area contributed by atoms with E-state index in [0.717, 1.165) is 5.69 Å². The first-order valence-electron chi connectivity index (χ1n) is 9.55. The van der Waals surface area contributed by atoms with E-state index in [1.54, 1.807) is 17.1 Å². The van der Waals surface area contributed by atoms with Crippen molar-refractivity contribution in [1.29, 1.82) is 0 Å². The fourth-order valence-corrected chi connectivity index (χ4v) is 4.47. The van der Waals surface area contributed by atoms with Crippen LogP contribution in [0.4, 0.5) is 10.1 Å². The first-order chi connectivity index (χ1) is 13.5. The van der Waals surface area contributed by atoms with Crippen molar-refractivity contribution in [2.24, 2.45) is 0 Å². The minimum absolute atomic E-state index is 0.165. The molecule has 0 aromatic heterocycles. The molecule has 3 heterocycles. The summed E-state index contributed by atoms with van der Waals surface area (Å²) < 4.78 is 13.1. The average molecular weight is 390 g/mol. The smallest absolute Gasteiger partial charge is 0.324 e. The molecule has 150 valence electrons. The van der Waals surface area contributed by atoms with Gasteiger partial charge in [-0.3, -0.25) is 19.3 Å². The Morgan fingerprint density at radius 1 is 0.964 bits per heavy atom. The molecule has 28 heavy (non-hydrogen) atoms. The number of halogens is 1. The van der Waals surface area contributed by atoms with Gasteiger partial charge in [0.2, 0.25) is 11.8 Å². The zero-order valence-corrected chi connectivity index (χ0v) is 15.5. The SMILES string of the molecule is O=C(O)C1C(N2C(=O)CCC2=O)CCN1N1CCN(c2ccc(F)cc2)CC1. The number of piperazine rings is 1. The third kappa shape index (κ3) is 3.35. The third-order valence-electron chi connectivity index (χ3n) is 5.83. The molecule has 0 saturated carbocycles. The minimum Gasteiger partial charge on any atom is -0.480 e. The number of amides is 2. The van der Waals surface area contributed by atoms with Crippen LogP contribution in [-0.2, 0) is 14.4 Å². The third-order valence-corrected chi connectivity index (χ3v) is 5.83. The van der Waals surface area contributed by atoms with Crippen LogP contribution in [0.15, 0.2) is 24.3 Å². The maximum atomic E-state index is 13.1. The summed E-state index contributed by atoms with van der Waals surface area (Å²) in [5.41, 5.74) is 0.934. The van der Waals surface area contributed by atoms with Crippen molar-refractivity contribution in [3.8, 4) is 0 Å². The number of rotatable bonds is 4. The molecule has 0 radical (unpaired) electrons. The van der Waals surface area contributed by atoms with Gasteiger partial charge in [-0.05, 0) is 30.7 Å². The second-order valence-corrected chi connectivity index (χ2v) is 7.38. The fraction of sp³-hybridized carbons (Fsp3) is 0.526. The molecule has 2 unspecified atom stereocenters. The van der Waals surface area contributed by atoms with E-state index in [1.807, 2.05) is 5.01 Å². The quantitative estimate of drug-likeness (QED) is 0.751. The van der Waals surface area contributed by atoms with E-state index in [2.05, 4.69) is 4.90 Å². The number of nitrogens with zero attached hydrogens (tertiary/aromatic N) is 4. The van der Waals surface area contributed by atoms with E-state index < -0.39 is 18.1 Å². The van der Waals surface area contributed by atoms with Crippen molar-refractivity contribution in [3.05, 3.63) is 30.1 Å². The maximum absolute atomic E-state index is 13.1. The van der Waals surface area contributed by atoms with Gasteiger partial charge >= 0.3 is 5.97 Å². The van der Waals surface area contributed by atoms with Gasteiger partial charge in [-0.2, -0.15) is 0 Å². The Labute approximate surface area is 162 Å². The number of hydrazine groups is 1. The number of imide groups is 1. The molecule has 4 rings (SSSR count). The van der Waals surface area contributed by atoms with Gasteiger partial charge in [-0.15, -0.1) is 0 Å². The second kappa shape index (κ2) is 7.48. The van der Waals surface area contributed by atoms with Crippen molar-refractivity contribution in [3.63, 3.8) is 0 Å². The van der Waals surface area contributed by atoms with E-state index in [4.69, 9.17) is 0 Å². The molecule has 3 aliphatic rings. The number of carboxylic acid groups (broad SMARTS) is 1. The van der Waals surface area contributed by atoms with Crippen LogP contribution in [0.2, 0.25) is 0 Å². The second-order valence-electron chi connectivity index (χ2n) is 7.38. The number of aliphatic carboxylic acids is 1. The number of hydrogen-bond acceptors (Lipinski definition) is 6. The largest absolute Gasteiger partial charge is 0.480 e. The lowest BCUT2D eigenvalue weighted by Gasteiger charge is -2.42. The minimum atomic E-state index is -1.02. The molecule has 0 aliphatic carbocycles. The summed E-state index contributed by atoms with van der Waals surface area (Å²) in [5.74, 6) is -1.84. The lowest BCUT2D eigenvalue weighted by Crippen LogP contribution is -2.60. The summed E-state index contributed by atoms with van der Waals surface area (Å²) in [6, 6.07) is 4.80. The van der Waals surface area contributed by atoms with Gasteiger partial charge in [0.1, 0.15) is 11.9 Å². The van der Waals surface area contributed by atoms with Crippen LogP contribution in [0.5, 0.6) is 0 Å². The van der Waals surface area contributed by atoms with Crippen LogP contribution >= 0.6 is 0 Å². The average Bonchev–Trinajstić information content (AvgIpc) is 3.25. The van der Waals surface area contributed by atoms with Crippen LogP contribution in [0.25, 0.3) is 0 Å². The number of carboxylic acids is 1. The van der Waals surface area contributed by atoms with Gasteiger partial charge in [-0.25, -0.2) is 14.4 Å². The zero-order chi connectivity index (χ0) is 19.8. The summed E-state index contributed by atoms with van der Waals surface area (Å²) in [7, 11) is 0. The van der Waals surface area contributed by atoms with E-state index in [-0.39, 0.29) is 30.5 Å². The van der Waals surface area contributed by atoms with Gasteiger partial charge < -0.3 is 10.0 Å². The normalized spacial score (nSPS) is 27.0. The van der Waals surface area contributed by atoms with Gasteiger partial charge in [0.25, 0.3) is 0 Å². The summed E-state index contributed by atoms with van der Waals surface area (Å²) in [6.07, 6.45) is 0.794. The molecule has 0 bridgehead atoms. The standard InChI is InChI=1S/C19H23FN4O4/c20-13-1-3-14(4-2-13)21-9-11-22(12-10-21)23-8-7-15(18(23)19(27)28)24-16(25)5-6-17(24)26/h1-4,15,18H,5-12H2,(H,27,28). The highest BCUT2D eigenvalue weighted by Crippen LogP contribution is 2.30. The number of likely N-dealkylation sites (tertiary alicyclic amines) is 1. The van der Waals surface area contributed by atoms with Crippen molar-refractivity contribution in [1.82, 2.24) is 14.9 Å². The van der Waals surface area contributed by atoms with E-state index >= 15 is 0 Å². The Bertz CT molecular complexity index is 763. The van der Waals surface area contributed by atoms with Crippen LogP contribution in [0.1, 0.15) is 19.3 Å². The summed E-state index contributed by atoms with van der Waals surface area (Å²) in [4.78, 5) is 39.5. The lowest BCUT2D eigenvalue weighted by molar-refractivity contribution is -0.155. The van der Waals surface area contributed by atoms with Gasteiger partial charge in [0, 0.05) is 51.3 Å². The van der Waals surface area contributed by atoms with Crippen molar-refractivity contribution < 1.29 is 23.9 Å². The number of carbonyl (C=O) groups is 3. The number of anilines is 1. The molecule has 2 amide bonds. The highest BCUT2D eigenvalue weighted by atomic mass is 19.1. The molecule has 1 N–H and O–H groups in total. The van der Waals surface area contributed by atoms with Gasteiger partial charge in [0.05, 0.1) is 6.04 Å². The first kappa shape index (κ1) is 18.8. The number of hydrogen-bond donors (Lipinski definition) is 1. The van der Waals surface area contributed by atoms with Gasteiger partial charge in [-0.1, -0.05) is 0 Å². The van der Waals surface area contributed by atoms with Crippen molar-refractivity contribution in [2.45, 2.75) is 31.3 Å². The topological polar surface area (TPSA) is 84.4 Å². The van der Waals surface area contributed by atoms with Gasteiger partial charge in [0.15, 0.2) is 0 Å². The highest BCUT2D eigenvalue weighted by molar-refractivity contribution is 6.02. The summed E-state index contributed by atoms with van der Waals surface area (Å²) in [6.45, 7) is 3.10. The molecule has 9 heteroatoms. The first-order valence-corrected chi connectivity index (χ1v) is 9.55. The number of benzene rings is 1. The van der Waals surface area contributed by atoms with Crippen LogP contribution < -0.4 is 4.90 Å². The molecule has 3 saturated heterocycles. The summed E-state index contributed by atoms with van der Waals surface area (Å²) >= 11 is 0. The Kier molecular flexibility index (Phi) is 5.03. The van der Waals surface area contributed by atoms with Crippen LogP contribution in [-0.4, -0.2) is 82.6 Å². The molecular formula is C19H23FN4O4. The van der Waals surface area contributed by atoms with Crippen molar-refractivity contribution >= 4 is 23.5 Å². The fourth-order valence-electron chi connectivity index (χ4n) is 4.47. The monoisotopic (exact) mass is 390 g/mol. The molecule has 3 fully saturated rings. The lowest BCUT2D eigenvalue weighted by atomic mass is 10.1. The Hall–Kier alpha value is -2.52. The van der Waals surface area contributed by atoms with E-state index in [1.165, 1.54) is 17.0 Å². The molecular weight excluding hydrogens is 367 g/mol. The number of carbonyl (C=O) groups excluding carboxylic acids is 2. The zero-order valence-electron chi connectivity index (χ0n) is 15.5. The highest BCUT2D eigenvalue weighted by Gasteiger charge is 2.49.